The maximum Gasteiger partial charge on any atom is 0.306 e. The molecule has 76 valence electrons. The molecule has 0 amide bonds. The van der Waals surface area contributed by atoms with Crippen LogP contribution in [0.4, 0.5) is 0 Å². The second kappa shape index (κ2) is 5.19. The third-order valence-corrected chi connectivity index (χ3v) is 2.57. The van der Waals surface area contributed by atoms with E-state index in [1.807, 2.05) is 0 Å². The monoisotopic (exact) mass is 187 g/mol. The van der Waals surface area contributed by atoms with Gasteiger partial charge in [0.1, 0.15) is 0 Å². The van der Waals surface area contributed by atoms with Gasteiger partial charge >= 0.3 is 5.97 Å². The highest BCUT2D eigenvalue weighted by Crippen LogP contribution is 2.16. The summed E-state index contributed by atoms with van der Waals surface area (Å²) in [5.41, 5.74) is 0. The van der Waals surface area contributed by atoms with Gasteiger partial charge in [0.05, 0.1) is 5.92 Å². The van der Waals surface area contributed by atoms with Crippen molar-refractivity contribution in [3.05, 3.63) is 0 Å². The number of carboxylic acids is 1. The van der Waals surface area contributed by atoms with E-state index in [2.05, 4.69) is 4.90 Å². The number of hydrogen-bond acceptors (Lipinski definition) is 3. The topological polar surface area (TPSA) is 60.8 Å². The molecule has 4 heteroatoms. The van der Waals surface area contributed by atoms with Crippen LogP contribution in [0.1, 0.15) is 19.3 Å². The van der Waals surface area contributed by atoms with E-state index in [-0.39, 0.29) is 12.5 Å². The molecule has 0 aromatic heterocycles. The number of aliphatic carboxylic acids is 1. The molecule has 0 spiro atoms. The number of aliphatic hydroxyl groups excluding tert-OH is 1. The Bertz CT molecular complexity index is 164. The minimum atomic E-state index is -0.665. The SMILES string of the molecule is O=C(O)C1CCN(CCCO)CC1. The zero-order chi connectivity index (χ0) is 9.68. The average molecular weight is 187 g/mol. The zero-order valence-electron chi connectivity index (χ0n) is 7.78. The van der Waals surface area contributed by atoms with Crippen LogP contribution in [0.2, 0.25) is 0 Å². The average Bonchev–Trinajstić information content (AvgIpc) is 2.15. The van der Waals surface area contributed by atoms with Crippen molar-refractivity contribution in [2.24, 2.45) is 5.92 Å². The fourth-order valence-electron chi connectivity index (χ4n) is 1.70. The summed E-state index contributed by atoms with van der Waals surface area (Å²) in [6, 6.07) is 0. The summed E-state index contributed by atoms with van der Waals surface area (Å²) in [7, 11) is 0. The number of rotatable bonds is 4. The molecule has 1 aliphatic heterocycles. The van der Waals surface area contributed by atoms with E-state index in [0.29, 0.717) is 0 Å². The first-order valence-corrected chi connectivity index (χ1v) is 4.80. The van der Waals surface area contributed by atoms with Crippen LogP contribution >= 0.6 is 0 Å². The van der Waals surface area contributed by atoms with Gasteiger partial charge in [0.15, 0.2) is 0 Å². The number of carbonyl (C=O) groups is 1. The lowest BCUT2D eigenvalue weighted by Crippen LogP contribution is -2.37. The molecule has 0 bridgehead atoms. The van der Waals surface area contributed by atoms with E-state index in [1.165, 1.54) is 0 Å². The van der Waals surface area contributed by atoms with Crippen LogP contribution in [-0.2, 0) is 4.79 Å². The largest absolute Gasteiger partial charge is 0.481 e. The Morgan fingerprint density at radius 1 is 1.38 bits per heavy atom. The van der Waals surface area contributed by atoms with Crippen molar-refractivity contribution < 1.29 is 15.0 Å². The van der Waals surface area contributed by atoms with Crippen molar-refractivity contribution in [3.8, 4) is 0 Å². The maximum atomic E-state index is 10.6. The Morgan fingerprint density at radius 2 is 2.00 bits per heavy atom. The lowest BCUT2D eigenvalue weighted by atomic mass is 9.97. The second-order valence-corrected chi connectivity index (χ2v) is 3.53. The molecule has 0 atom stereocenters. The molecule has 4 nitrogen and oxygen atoms in total. The Balaban J connectivity index is 2.18. The summed E-state index contributed by atoms with van der Waals surface area (Å²) in [6.07, 6.45) is 2.29. The van der Waals surface area contributed by atoms with E-state index >= 15 is 0 Å². The molecule has 0 aromatic rings. The molecule has 0 aromatic carbocycles. The Labute approximate surface area is 78.2 Å². The quantitative estimate of drug-likeness (QED) is 0.658. The van der Waals surface area contributed by atoms with E-state index in [0.717, 1.165) is 38.9 Å². The van der Waals surface area contributed by atoms with Crippen LogP contribution in [0.25, 0.3) is 0 Å². The molecule has 1 aliphatic rings. The highest BCUT2D eigenvalue weighted by molar-refractivity contribution is 5.70. The highest BCUT2D eigenvalue weighted by atomic mass is 16.4. The number of aliphatic hydroxyl groups is 1. The molecule has 1 rings (SSSR count). The molecule has 1 saturated heterocycles. The van der Waals surface area contributed by atoms with Gasteiger partial charge in [-0.1, -0.05) is 0 Å². The van der Waals surface area contributed by atoms with Gasteiger partial charge in [-0.3, -0.25) is 4.79 Å². The molecule has 1 heterocycles. The normalized spacial score (nSPS) is 20.4. The van der Waals surface area contributed by atoms with E-state index in [1.54, 1.807) is 0 Å². The van der Waals surface area contributed by atoms with Crippen molar-refractivity contribution in [1.29, 1.82) is 0 Å². The van der Waals surface area contributed by atoms with E-state index in [9.17, 15) is 4.79 Å². The Hall–Kier alpha value is -0.610. The van der Waals surface area contributed by atoms with Crippen LogP contribution < -0.4 is 0 Å². The molecule has 0 saturated carbocycles. The van der Waals surface area contributed by atoms with Crippen LogP contribution in [-0.4, -0.2) is 47.3 Å². The van der Waals surface area contributed by atoms with Crippen molar-refractivity contribution in [2.45, 2.75) is 19.3 Å². The van der Waals surface area contributed by atoms with Gasteiger partial charge in [-0.25, -0.2) is 0 Å². The molecule has 2 N–H and O–H groups in total. The Morgan fingerprint density at radius 3 is 2.46 bits per heavy atom. The minimum absolute atomic E-state index is 0.148. The van der Waals surface area contributed by atoms with Gasteiger partial charge < -0.3 is 15.1 Å². The molecular formula is C9H17NO3. The second-order valence-electron chi connectivity index (χ2n) is 3.53. The van der Waals surface area contributed by atoms with E-state index in [4.69, 9.17) is 10.2 Å². The summed E-state index contributed by atoms with van der Waals surface area (Å²) in [6.45, 7) is 2.83. The Kier molecular flexibility index (Phi) is 4.18. The lowest BCUT2D eigenvalue weighted by molar-refractivity contribution is -0.143. The van der Waals surface area contributed by atoms with Gasteiger partial charge in [0.2, 0.25) is 0 Å². The van der Waals surface area contributed by atoms with Crippen molar-refractivity contribution in [1.82, 2.24) is 4.90 Å². The molecule has 0 radical (unpaired) electrons. The zero-order valence-corrected chi connectivity index (χ0v) is 7.78. The number of piperidine rings is 1. The predicted molar refractivity (Wildman–Crippen MR) is 48.5 cm³/mol. The molecule has 0 unspecified atom stereocenters. The van der Waals surface area contributed by atoms with Crippen molar-refractivity contribution >= 4 is 5.97 Å². The highest BCUT2D eigenvalue weighted by Gasteiger charge is 2.23. The van der Waals surface area contributed by atoms with E-state index < -0.39 is 5.97 Å². The van der Waals surface area contributed by atoms with Crippen LogP contribution in [0.3, 0.4) is 0 Å². The summed E-state index contributed by atoms with van der Waals surface area (Å²) in [4.78, 5) is 12.8. The third-order valence-electron chi connectivity index (χ3n) is 2.57. The molecule has 1 fully saturated rings. The standard InChI is InChI=1S/C9H17NO3/c11-7-1-4-10-5-2-8(3-6-10)9(12)13/h8,11H,1-7H2,(H,12,13). The number of nitrogens with zero attached hydrogens (tertiary/aromatic N) is 1. The van der Waals surface area contributed by atoms with Gasteiger partial charge in [0, 0.05) is 13.2 Å². The summed E-state index contributed by atoms with van der Waals surface area (Å²) >= 11 is 0. The molecule has 13 heavy (non-hydrogen) atoms. The maximum absolute atomic E-state index is 10.6. The van der Waals surface area contributed by atoms with Gasteiger partial charge in [-0.05, 0) is 32.4 Å². The fraction of sp³-hybridized carbons (Fsp3) is 0.889. The van der Waals surface area contributed by atoms with Crippen molar-refractivity contribution in [2.75, 3.05) is 26.2 Å². The minimum Gasteiger partial charge on any atom is -0.481 e. The first-order valence-electron chi connectivity index (χ1n) is 4.80. The summed E-state index contributed by atoms with van der Waals surface area (Å²) < 4.78 is 0. The van der Waals surface area contributed by atoms with Crippen LogP contribution in [0.5, 0.6) is 0 Å². The van der Waals surface area contributed by atoms with Gasteiger partial charge in [0.25, 0.3) is 0 Å². The first kappa shape index (κ1) is 10.5. The van der Waals surface area contributed by atoms with Gasteiger partial charge in [-0.2, -0.15) is 0 Å². The van der Waals surface area contributed by atoms with Crippen LogP contribution in [0.15, 0.2) is 0 Å². The number of likely N-dealkylation sites (tertiary alicyclic amines) is 1. The molecular weight excluding hydrogens is 170 g/mol. The molecule has 0 aliphatic carbocycles. The fourth-order valence-corrected chi connectivity index (χ4v) is 1.70. The van der Waals surface area contributed by atoms with Gasteiger partial charge in [-0.15, -0.1) is 0 Å². The summed E-state index contributed by atoms with van der Waals surface area (Å²) in [5, 5.41) is 17.4. The van der Waals surface area contributed by atoms with Crippen molar-refractivity contribution in [3.63, 3.8) is 0 Å². The third kappa shape index (κ3) is 3.32. The van der Waals surface area contributed by atoms with Crippen LogP contribution in [0, 0.1) is 5.92 Å². The number of hydrogen-bond donors (Lipinski definition) is 2. The lowest BCUT2D eigenvalue weighted by Gasteiger charge is -2.29. The first-order chi connectivity index (χ1) is 6.24. The predicted octanol–water partition coefficient (Wildman–Crippen LogP) is 0.165. The smallest absolute Gasteiger partial charge is 0.306 e. The summed E-state index contributed by atoms with van der Waals surface area (Å²) in [5.74, 6) is -0.813. The number of carboxylic acid groups (broad SMARTS) is 1.